The van der Waals surface area contributed by atoms with Crippen molar-refractivity contribution in [2.45, 2.75) is 63.6 Å². The maximum atomic E-state index is 13.8. The molecule has 2 heterocycles. The van der Waals surface area contributed by atoms with Gasteiger partial charge in [0.2, 0.25) is 0 Å². The van der Waals surface area contributed by atoms with Crippen molar-refractivity contribution < 1.29 is 18.4 Å². The monoisotopic (exact) mass is 603 g/mol. The van der Waals surface area contributed by atoms with Gasteiger partial charge in [0.1, 0.15) is 0 Å². The summed E-state index contributed by atoms with van der Waals surface area (Å²) in [6, 6.07) is 17.6. The molecule has 0 aromatic heterocycles. The van der Waals surface area contributed by atoms with E-state index in [1.165, 1.54) is 17.7 Å². The standard InChI is InChI=1S/C35H36ClF2N3O2/c36-29-4-2-1-3-27(29)34(43)41(26-9-10-26)32-12-8-24-6-7-25(20-28(24)32)33(42)40-18-15-35(22-40)13-16-39(17-14-35)21-23-5-11-30(37)31(38)19-23/h1-7,11,19-20,26,32H,8-10,12-18,21-22H2. The fourth-order valence-electron chi connectivity index (χ4n) is 7.47. The molecule has 1 atom stereocenters. The maximum Gasteiger partial charge on any atom is 0.256 e. The highest BCUT2D eigenvalue weighted by molar-refractivity contribution is 6.33. The van der Waals surface area contributed by atoms with Crippen LogP contribution in [0, 0.1) is 17.0 Å². The van der Waals surface area contributed by atoms with Crippen LogP contribution < -0.4 is 0 Å². The number of likely N-dealkylation sites (tertiary alicyclic amines) is 2. The first kappa shape index (κ1) is 28.5. The summed E-state index contributed by atoms with van der Waals surface area (Å²) >= 11 is 6.42. The van der Waals surface area contributed by atoms with Gasteiger partial charge in [-0.15, -0.1) is 0 Å². The van der Waals surface area contributed by atoms with Gasteiger partial charge < -0.3 is 9.80 Å². The third-order valence-corrected chi connectivity index (χ3v) is 10.4. The second kappa shape index (κ2) is 11.3. The molecule has 8 heteroatoms. The highest BCUT2D eigenvalue weighted by atomic mass is 35.5. The van der Waals surface area contributed by atoms with Gasteiger partial charge in [-0.3, -0.25) is 14.5 Å². The number of nitrogens with zero attached hydrogens (tertiary/aromatic N) is 3. The summed E-state index contributed by atoms with van der Waals surface area (Å²) < 4.78 is 27.0. The van der Waals surface area contributed by atoms with E-state index in [2.05, 4.69) is 11.0 Å². The molecule has 0 bridgehead atoms. The summed E-state index contributed by atoms with van der Waals surface area (Å²) in [7, 11) is 0. The zero-order chi connectivity index (χ0) is 29.7. The van der Waals surface area contributed by atoms with Gasteiger partial charge in [0.05, 0.1) is 16.6 Å². The van der Waals surface area contributed by atoms with Gasteiger partial charge in [-0.25, -0.2) is 8.78 Å². The number of benzene rings is 3. The smallest absolute Gasteiger partial charge is 0.256 e. The number of rotatable bonds is 6. The van der Waals surface area contributed by atoms with E-state index in [9.17, 15) is 18.4 Å². The fourth-order valence-corrected chi connectivity index (χ4v) is 7.69. The summed E-state index contributed by atoms with van der Waals surface area (Å²) in [6.07, 6.45) is 6.67. The molecule has 0 radical (unpaired) electrons. The van der Waals surface area contributed by atoms with Crippen molar-refractivity contribution in [1.29, 1.82) is 0 Å². The molecule has 5 nitrogen and oxygen atoms in total. The first-order valence-electron chi connectivity index (χ1n) is 15.5. The zero-order valence-corrected chi connectivity index (χ0v) is 25.0. The second-order valence-corrected chi connectivity index (χ2v) is 13.3. The highest BCUT2D eigenvalue weighted by Crippen LogP contribution is 2.44. The molecule has 3 aromatic rings. The molecular formula is C35H36ClF2N3O2. The normalized spacial score (nSPS) is 21.3. The SMILES string of the molecule is O=C(c1ccc2c(c1)C(N(C(=O)c1ccccc1Cl)C1CC1)CC2)N1CCC2(CCN(Cc3ccc(F)c(F)c3)CC2)C1. The van der Waals surface area contributed by atoms with Crippen molar-refractivity contribution in [2.24, 2.45) is 5.41 Å². The molecule has 0 N–H and O–H groups in total. The van der Waals surface area contributed by atoms with Crippen LogP contribution in [-0.4, -0.2) is 58.7 Å². The van der Waals surface area contributed by atoms with Gasteiger partial charge in [-0.05, 0) is 117 Å². The Morgan fingerprint density at radius 3 is 2.42 bits per heavy atom. The lowest BCUT2D eigenvalue weighted by molar-refractivity contribution is 0.0658. The van der Waals surface area contributed by atoms with Crippen molar-refractivity contribution in [3.63, 3.8) is 0 Å². The minimum atomic E-state index is -0.818. The van der Waals surface area contributed by atoms with E-state index in [1.807, 2.05) is 34.1 Å². The van der Waals surface area contributed by atoms with Crippen LogP contribution in [0.3, 0.4) is 0 Å². The van der Waals surface area contributed by atoms with Gasteiger partial charge in [0, 0.05) is 31.2 Å². The number of amides is 2. The van der Waals surface area contributed by atoms with E-state index in [4.69, 9.17) is 11.6 Å². The lowest BCUT2D eigenvalue weighted by atomic mass is 9.77. The lowest BCUT2D eigenvalue weighted by Crippen LogP contribution is -2.42. The van der Waals surface area contributed by atoms with Crippen molar-refractivity contribution >= 4 is 23.4 Å². The fraction of sp³-hybridized carbons (Fsp3) is 0.429. The maximum absolute atomic E-state index is 13.8. The Hall–Kier alpha value is -3.29. The van der Waals surface area contributed by atoms with E-state index in [0.29, 0.717) is 22.7 Å². The van der Waals surface area contributed by atoms with Crippen LogP contribution in [0.1, 0.15) is 82.0 Å². The van der Waals surface area contributed by atoms with Crippen LogP contribution in [0.4, 0.5) is 8.78 Å². The molecule has 3 aromatic carbocycles. The molecular weight excluding hydrogens is 568 g/mol. The summed E-state index contributed by atoms with van der Waals surface area (Å²) in [5, 5.41) is 0.471. The van der Waals surface area contributed by atoms with E-state index >= 15 is 0 Å². The number of aryl methyl sites for hydroxylation is 1. The molecule has 1 saturated carbocycles. The van der Waals surface area contributed by atoms with Crippen LogP contribution >= 0.6 is 11.6 Å². The Balaban J connectivity index is 1.03. The van der Waals surface area contributed by atoms with Crippen molar-refractivity contribution in [2.75, 3.05) is 26.2 Å². The lowest BCUT2D eigenvalue weighted by Gasteiger charge is -2.39. The van der Waals surface area contributed by atoms with Crippen LogP contribution in [0.15, 0.2) is 60.7 Å². The minimum absolute atomic E-state index is 0.0277. The van der Waals surface area contributed by atoms with Crippen LogP contribution in [-0.2, 0) is 13.0 Å². The molecule has 1 spiro atoms. The Kier molecular flexibility index (Phi) is 7.50. The summed E-state index contributed by atoms with van der Waals surface area (Å²) in [4.78, 5) is 33.9. The second-order valence-electron chi connectivity index (χ2n) is 12.9. The Morgan fingerprint density at radius 1 is 0.907 bits per heavy atom. The van der Waals surface area contributed by atoms with Crippen LogP contribution in [0.2, 0.25) is 5.02 Å². The molecule has 7 rings (SSSR count). The minimum Gasteiger partial charge on any atom is -0.338 e. The third-order valence-electron chi connectivity index (χ3n) is 10.1. The molecule has 4 aliphatic rings. The largest absolute Gasteiger partial charge is 0.338 e. The molecule has 43 heavy (non-hydrogen) atoms. The van der Waals surface area contributed by atoms with Crippen molar-refractivity contribution in [1.82, 2.24) is 14.7 Å². The summed E-state index contributed by atoms with van der Waals surface area (Å²) in [5.41, 5.74) is 4.42. The molecule has 2 aliphatic heterocycles. The number of hydrogen-bond acceptors (Lipinski definition) is 3. The van der Waals surface area contributed by atoms with Gasteiger partial charge in [-0.1, -0.05) is 35.9 Å². The third kappa shape index (κ3) is 5.58. The van der Waals surface area contributed by atoms with Crippen LogP contribution in [0.5, 0.6) is 0 Å². The number of carbonyl (C=O) groups is 2. The van der Waals surface area contributed by atoms with Gasteiger partial charge in [-0.2, -0.15) is 0 Å². The van der Waals surface area contributed by atoms with Crippen LogP contribution in [0.25, 0.3) is 0 Å². The van der Waals surface area contributed by atoms with Gasteiger partial charge in [0.25, 0.3) is 11.8 Å². The Labute approximate surface area is 256 Å². The molecule has 1 unspecified atom stereocenters. The average molecular weight is 604 g/mol. The molecule has 2 saturated heterocycles. The molecule has 224 valence electrons. The van der Waals surface area contributed by atoms with Crippen molar-refractivity contribution in [3.05, 3.63) is 105 Å². The topological polar surface area (TPSA) is 43.9 Å². The number of piperidine rings is 1. The quantitative estimate of drug-likeness (QED) is 0.304. The number of fused-ring (bicyclic) bond motifs is 1. The Morgan fingerprint density at radius 2 is 1.67 bits per heavy atom. The zero-order valence-electron chi connectivity index (χ0n) is 24.2. The molecule has 2 amide bonds. The van der Waals surface area contributed by atoms with E-state index in [1.54, 1.807) is 18.2 Å². The average Bonchev–Trinajstić information content (AvgIpc) is 3.63. The van der Waals surface area contributed by atoms with E-state index in [-0.39, 0.29) is 29.3 Å². The predicted octanol–water partition coefficient (Wildman–Crippen LogP) is 7.04. The number of hydrogen-bond donors (Lipinski definition) is 0. The number of halogens is 3. The first-order chi connectivity index (χ1) is 20.8. The van der Waals surface area contributed by atoms with E-state index < -0.39 is 11.6 Å². The first-order valence-corrected chi connectivity index (χ1v) is 15.8. The van der Waals surface area contributed by atoms with E-state index in [0.717, 1.165) is 82.3 Å². The van der Waals surface area contributed by atoms with Gasteiger partial charge >= 0.3 is 0 Å². The molecule has 3 fully saturated rings. The predicted molar refractivity (Wildman–Crippen MR) is 162 cm³/mol. The summed E-state index contributed by atoms with van der Waals surface area (Å²) in [6.45, 7) is 3.82. The summed E-state index contributed by atoms with van der Waals surface area (Å²) in [5.74, 6) is -1.59. The molecule has 2 aliphatic carbocycles. The highest BCUT2D eigenvalue weighted by Gasteiger charge is 2.44. The number of carbonyl (C=O) groups excluding carboxylic acids is 2. The van der Waals surface area contributed by atoms with Gasteiger partial charge in [0.15, 0.2) is 11.6 Å². The Bertz CT molecular complexity index is 1570. The van der Waals surface area contributed by atoms with Crippen molar-refractivity contribution in [3.8, 4) is 0 Å².